The van der Waals surface area contributed by atoms with E-state index in [9.17, 15) is 14.4 Å². The highest BCUT2D eigenvalue weighted by atomic mass is 35.5. The molecule has 0 saturated carbocycles. The Labute approximate surface area is 171 Å². The molecule has 1 N–H and O–H groups in total. The van der Waals surface area contributed by atoms with Gasteiger partial charge in [0.1, 0.15) is 6.54 Å². The van der Waals surface area contributed by atoms with Crippen LogP contribution in [0, 0.1) is 6.92 Å². The first-order chi connectivity index (χ1) is 13.3. The van der Waals surface area contributed by atoms with E-state index in [1.165, 1.54) is 16.8 Å². The SMILES string of the molecule is Cc1ccc(Cl)cc1NC(=O)Cn1c(=O)ccn(Cc2ccccc2Cl)c1=O. The van der Waals surface area contributed by atoms with Gasteiger partial charge in [0.05, 0.1) is 6.54 Å². The summed E-state index contributed by atoms with van der Waals surface area (Å²) in [5.74, 6) is -0.500. The lowest BCUT2D eigenvalue weighted by atomic mass is 10.2. The quantitative estimate of drug-likeness (QED) is 0.691. The second-order valence-corrected chi connectivity index (χ2v) is 7.09. The fourth-order valence-corrected chi connectivity index (χ4v) is 3.06. The van der Waals surface area contributed by atoms with E-state index in [2.05, 4.69) is 5.32 Å². The zero-order valence-electron chi connectivity index (χ0n) is 15.0. The van der Waals surface area contributed by atoms with E-state index in [0.717, 1.165) is 15.7 Å². The van der Waals surface area contributed by atoms with Crippen molar-refractivity contribution in [3.63, 3.8) is 0 Å². The summed E-state index contributed by atoms with van der Waals surface area (Å²) >= 11 is 12.1. The third kappa shape index (κ3) is 4.52. The molecule has 8 heteroatoms. The molecule has 3 rings (SSSR count). The average molecular weight is 418 g/mol. The second kappa shape index (κ2) is 8.46. The summed E-state index contributed by atoms with van der Waals surface area (Å²) in [5, 5.41) is 3.67. The van der Waals surface area contributed by atoms with Gasteiger partial charge in [-0.25, -0.2) is 4.79 Å². The number of rotatable bonds is 5. The Morgan fingerprint density at radius 2 is 1.82 bits per heavy atom. The minimum atomic E-state index is -0.592. The van der Waals surface area contributed by atoms with Crippen LogP contribution < -0.4 is 16.6 Å². The van der Waals surface area contributed by atoms with Gasteiger partial charge in [-0.05, 0) is 36.2 Å². The maximum Gasteiger partial charge on any atom is 0.331 e. The number of anilines is 1. The molecular weight excluding hydrogens is 401 g/mol. The van der Waals surface area contributed by atoms with Crippen molar-refractivity contribution in [2.24, 2.45) is 0 Å². The fraction of sp³-hybridized carbons (Fsp3) is 0.150. The highest BCUT2D eigenvalue weighted by Crippen LogP contribution is 2.20. The number of hydrogen-bond acceptors (Lipinski definition) is 3. The van der Waals surface area contributed by atoms with Crippen molar-refractivity contribution in [1.82, 2.24) is 9.13 Å². The molecule has 1 amide bonds. The Balaban J connectivity index is 1.85. The average Bonchev–Trinajstić information content (AvgIpc) is 2.65. The Bertz CT molecular complexity index is 1150. The van der Waals surface area contributed by atoms with Gasteiger partial charge >= 0.3 is 5.69 Å². The minimum Gasteiger partial charge on any atom is -0.324 e. The molecule has 0 aliphatic carbocycles. The summed E-state index contributed by atoms with van der Waals surface area (Å²) in [6.07, 6.45) is 1.39. The van der Waals surface area contributed by atoms with Crippen molar-refractivity contribution in [3.8, 4) is 0 Å². The third-order valence-corrected chi connectivity index (χ3v) is 4.82. The highest BCUT2D eigenvalue weighted by molar-refractivity contribution is 6.31. The Morgan fingerprint density at radius 1 is 1.07 bits per heavy atom. The van der Waals surface area contributed by atoms with Crippen LogP contribution >= 0.6 is 23.2 Å². The van der Waals surface area contributed by atoms with Crippen LogP contribution in [0.3, 0.4) is 0 Å². The van der Waals surface area contributed by atoms with Gasteiger partial charge in [-0.2, -0.15) is 0 Å². The first kappa shape index (κ1) is 19.9. The molecule has 1 aromatic heterocycles. The lowest BCUT2D eigenvalue weighted by Gasteiger charge is -2.12. The van der Waals surface area contributed by atoms with Crippen molar-refractivity contribution < 1.29 is 4.79 Å². The summed E-state index contributed by atoms with van der Waals surface area (Å²) in [6.45, 7) is 1.60. The number of hydrogen-bond donors (Lipinski definition) is 1. The molecule has 144 valence electrons. The van der Waals surface area contributed by atoms with E-state index in [1.54, 1.807) is 36.4 Å². The maximum atomic E-state index is 12.7. The normalized spacial score (nSPS) is 10.7. The Hall–Kier alpha value is -2.83. The summed E-state index contributed by atoms with van der Waals surface area (Å²) < 4.78 is 2.21. The van der Waals surface area contributed by atoms with E-state index in [4.69, 9.17) is 23.2 Å². The summed E-state index contributed by atoms with van der Waals surface area (Å²) in [6, 6.07) is 13.4. The topological polar surface area (TPSA) is 73.1 Å². The second-order valence-electron chi connectivity index (χ2n) is 6.25. The minimum absolute atomic E-state index is 0.188. The molecule has 0 aliphatic rings. The highest BCUT2D eigenvalue weighted by Gasteiger charge is 2.12. The molecule has 0 spiro atoms. The van der Waals surface area contributed by atoms with E-state index in [1.807, 2.05) is 13.0 Å². The number of halogens is 2. The smallest absolute Gasteiger partial charge is 0.324 e. The first-order valence-electron chi connectivity index (χ1n) is 8.45. The van der Waals surface area contributed by atoms with Crippen molar-refractivity contribution >= 4 is 34.8 Å². The van der Waals surface area contributed by atoms with E-state index < -0.39 is 23.7 Å². The molecule has 0 aliphatic heterocycles. The van der Waals surface area contributed by atoms with Gasteiger partial charge in [-0.3, -0.25) is 18.7 Å². The Morgan fingerprint density at radius 3 is 2.57 bits per heavy atom. The van der Waals surface area contributed by atoms with Crippen LogP contribution in [0.15, 0.2) is 64.3 Å². The standard InChI is InChI=1S/C20H17Cl2N3O3/c1-13-6-7-15(21)10-17(13)23-18(26)12-25-19(27)8-9-24(20(25)28)11-14-4-2-3-5-16(14)22/h2-10H,11-12H2,1H3,(H,23,26). The molecule has 0 fully saturated rings. The van der Waals surface area contributed by atoms with Crippen molar-refractivity contribution in [1.29, 1.82) is 0 Å². The van der Waals surface area contributed by atoms with Gasteiger partial charge in [0.25, 0.3) is 5.56 Å². The molecule has 1 heterocycles. The molecule has 0 saturated heterocycles. The maximum absolute atomic E-state index is 12.7. The van der Waals surface area contributed by atoms with Gasteiger partial charge in [-0.1, -0.05) is 47.5 Å². The monoisotopic (exact) mass is 417 g/mol. The lowest BCUT2D eigenvalue weighted by Crippen LogP contribution is -2.41. The number of nitrogens with one attached hydrogen (secondary N) is 1. The van der Waals surface area contributed by atoms with E-state index in [0.29, 0.717) is 15.7 Å². The fourth-order valence-electron chi connectivity index (χ4n) is 2.70. The van der Waals surface area contributed by atoms with Gasteiger partial charge in [0.2, 0.25) is 5.91 Å². The van der Waals surface area contributed by atoms with Gasteiger partial charge in [0.15, 0.2) is 0 Å². The molecule has 0 atom stereocenters. The molecular formula is C20H17Cl2N3O3. The van der Waals surface area contributed by atoms with Gasteiger partial charge in [0, 0.05) is 28.0 Å². The predicted molar refractivity (Wildman–Crippen MR) is 110 cm³/mol. The zero-order valence-corrected chi connectivity index (χ0v) is 16.5. The van der Waals surface area contributed by atoms with Gasteiger partial charge in [-0.15, -0.1) is 0 Å². The number of aryl methyl sites for hydroxylation is 1. The van der Waals surface area contributed by atoms with Crippen molar-refractivity contribution in [2.45, 2.75) is 20.0 Å². The van der Waals surface area contributed by atoms with Gasteiger partial charge < -0.3 is 5.32 Å². The third-order valence-electron chi connectivity index (χ3n) is 4.21. The van der Waals surface area contributed by atoms with Crippen molar-refractivity contribution in [3.05, 3.63) is 96.7 Å². The lowest BCUT2D eigenvalue weighted by molar-refractivity contribution is -0.116. The number of carbonyl (C=O) groups is 1. The predicted octanol–water partition coefficient (Wildman–Crippen LogP) is 3.31. The number of amides is 1. The van der Waals surface area contributed by atoms with Crippen LogP contribution in [0.1, 0.15) is 11.1 Å². The van der Waals surface area contributed by atoms with Crippen LogP contribution in [-0.2, 0) is 17.9 Å². The van der Waals surface area contributed by atoms with Crippen LogP contribution in [0.4, 0.5) is 5.69 Å². The summed E-state index contributed by atoms with van der Waals surface area (Å²) in [5.41, 5.74) is 0.923. The number of benzene rings is 2. The largest absolute Gasteiger partial charge is 0.331 e. The molecule has 0 radical (unpaired) electrons. The van der Waals surface area contributed by atoms with Crippen LogP contribution in [0.25, 0.3) is 0 Å². The zero-order chi connectivity index (χ0) is 20.3. The molecule has 2 aromatic carbocycles. The molecule has 0 bridgehead atoms. The molecule has 28 heavy (non-hydrogen) atoms. The molecule has 0 unspecified atom stereocenters. The first-order valence-corrected chi connectivity index (χ1v) is 9.20. The van der Waals surface area contributed by atoms with Crippen LogP contribution in [0.5, 0.6) is 0 Å². The summed E-state index contributed by atoms with van der Waals surface area (Å²) in [7, 11) is 0. The number of nitrogens with zero attached hydrogens (tertiary/aromatic N) is 2. The molecule has 3 aromatic rings. The Kier molecular flexibility index (Phi) is 6.02. The van der Waals surface area contributed by atoms with E-state index >= 15 is 0 Å². The van der Waals surface area contributed by atoms with Crippen molar-refractivity contribution in [2.75, 3.05) is 5.32 Å². The molecule has 6 nitrogen and oxygen atoms in total. The summed E-state index contributed by atoms with van der Waals surface area (Å²) in [4.78, 5) is 37.2. The van der Waals surface area contributed by atoms with E-state index in [-0.39, 0.29) is 6.54 Å². The number of carbonyl (C=O) groups excluding carboxylic acids is 1. The van der Waals surface area contributed by atoms with Crippen LogP contribution in [-0.4, -0.2) is 15.0 Å². The van der Waals surface area contributed by atoms with Crippen LogP contribution in [0.2, 0.25) is 10.0 Å². The number of aromatic nitrogens is 2.